The zero-order valence-corrected chi connectivity index (χ0v) is 11.1. The number of hydrogen-bond acceptors (Lipinski definition) is 2. The van der Waals surface area contributed by atoms with E-state index in [1.807, 2.05) is 6.92 Å². The van der Waals surface area contributed by atoms with Crippen molar-refractivity contribution in [3.05, 3.63) is 29.3 Å². The van der Waals surface area contributed by atoms with E-state index in [4.69, 9.17) is 0 Å². The molecule has 1 amide bonds. The Balaban J connectivity index is 2.16. The average Bonchev–Trinajstić information content (AvgIpc) is 2.36. The van der Waals surface area contributed by atoms with E-state index in [2.05, 4.69) is 10.6 Å². The Kier molecular flexibility index (Phi) is 3.85. The van der Waals surface area contributed by atoms with Crippen LogP contribution >= 0.6 is 0 Å². The summed E-state index contributed by atoms with van der Waals surface area (Å²) in [4.78, 5) is 12.2. The number of nitrogens with one attached hydrogen (secondary N) is 2. The second-order valence-electron chi connectivity index (χ2n) is 5.35. The number of carbonyl (C=O) groups is 1. The van der Waals surface area contributed by atoms with Crippen LogP contribution in [0.4, 0.5) is 14.5 Å². The van der Waals surface area contributed by atoms with Crippen LogP contribution in [0.15, 0.2) is 12.1 Å². The normalized spacial score (nSPS) is 18.1. The number of hydrogen-bond donors (Lipinski definition) is 2. The van der Waals surface area contributed by atoms with Crippen molar-refractivity contribution in [3.8, 4) is 0 Å². The van der Waals surface area contributed by atoms with E-state index in [1.54, 1.807) is 0 Å². The third-order valence-electron chi connectivity index (χ3n) is 3.75. The van der Waals surface area contributed by atoms with Crippen molar-refractivity contribution in [1.29, 1.82) is 0 Å². The van der Waals surface area contributed by atoms with Crippen LogP contribution in [0.3, 0.4) is 0 Å². The van der Waals surface area contributed by atoms with Gasteiger partial charge in [-0.3, -0.25) is 4.79 Å². The van der Waals surface area contributed by atoms with E-state index < -0.39 is 17.0 Å². The molecule has 5 heteroatoms. The molecule has 19 heavy (non-hydrogen) atoms. The van der Waals surface area contributed by atoms with E-state index in [9.17, 15) is 13.6 Å². The first-order chi connectivity index (χ1) is 8.92. The highest BCUT2D eigenvalue weighted by Gasteiger charge is 2.34. The monoisotopic (exact) mass is 268 g/mol. The Morgan fingerprint density at radius 3 is 2.53 bits per heavy atom. The summed E-state index contributed by atoms with van der Waals surface area (Å²) in [5.74, 6) is -1.38. The molecule has 0 aromatic heterocycles. The fourth-order valence-corrected chi connectivity index (χ4v) is 2.22. The van der Waals surface area contributed by atoms with Crippen LogP contribution in [-0.2, 0) is 4.79 Å². The molecule has 3 nitrogen and oxygen atoms in total. The molecule has 1 aliphatic heterocycles. The van der Waals surface area contributed by atoms with Crippen molar-refractivity contribution in [1.82, 2.24) is 5.32 Å². The molecule has 2 rings (SSSR count). The lowest BCUT2D eigenvalue weighted by Crippen LogP contribution is -2.43. The Labute approximate surface area is 111 Å². The van der Waals surface area contributed by atoms with Gasteiger partial charge in [0.2, 0.25) is 5.91 Å². The van der Waals surface area contributed by atoms with Gasteiger partial charge in [0.05, 0.1) is 5.69 Å². The quantitative estimate of drug-likeness (QED) is 0.865. The van der Waals surface area contributed by atoms with Crippen molar-refractivity contribution >= 4 is 11.6 Å². The van der Waals surface area contributed by atoms with E-state index in [1.165, 1.54) is 6.92 Å². The lowest BCUT2D eigenvalue weighted by molar-refractivity contribution is -0.126. The first kappa shape index (κ1) is 13.9. The van der Waals surface area contributed by atoms with Crippen molar-refractivity contribution in [2.45, 2.75) is 26.7 Å². The summed E-state index contributed by atoms with van der Waals surface area (Å²) in [6, 6.07) is 2.13. The number of piperidine rings is 1. The van der Waals surface area contributed by atoms with Gasteiger partial charge in [0.25, 0.3) is 0 Å². The smallest absolute Gasteiger partial charge is 0.230 e. The largest absolute Gasteiger partial charge is 0.323 e. The summed E-state index contributed by atoms with van der Waals surface area (Å²) in [5, 5.41) is 5.68. The summed E-state index contributed by atoms with van der Waals surface area (Å²) in [7, 11) is 0. The third kappa shape index (κ3) is 2.92. The zero-order chi connectivity index (χ0) is 14.0. The molecule has 1 fully saturated rings. The van der Waals surface area contributed by atoms with E-state index in [0.29, 0.717) is 12.8 Å². The minimum Gasteiger partial charge on any atom is -0.323 e. The molecule has 1 aromatic rings. The number of aryl methyl sites for hydroxylation is 1. The van der Waals surface area contributed by atoms with Crippen LogP contribution in [0.5, 0.6) is 0 Å². The van der Waals surface area contributed by atoms with Gasteiger partial charge < -0.3 is 10.6 Å². The molecule has 0 saturated carbocycles. The van der Waals surface area contributed by atoms with Crippen LogP contribution in [-0.4, -0.2) is 19.0 Å². The SMILES string of the molecule is Cc1cc(F)c(NC(=O)C2(C)CCNCC2)cc1F. The maximum Gasteiger partial charge on any atom is 0.230 e. The third-order valence-corrected chi connectivity index (χ3v) is 3.75. The standard InChI is InChI=1S/C14H18F2N2O/c1-9-7-11(16)12(8-10(9)15)18-13(19)14(2)3-5-17-6-4-14/h7-8,17H,3-6H2,1-2H3,(H,18,19). The van der Waals surface area contributed by atoms with Crippen LogP contribution in [0.2, 0.25) is 0 Å². The second kappa shape index (κ2) is 5.25. The summed E-state index contributed by atoms with van der Waals surface area (Å²) in [6.07, 6.45) is 1.38. The number of amides is 1. The van der Waals surface area contributed by atoms with Crippen molar-refractivity contribution in [2.75, 3.05) is 18.4 Å². The van der Waals surface area contributed by atoms with E-state index in [0.717, 1.165) is 25.2 Å². The highest BCUT2D eigenvalue weighted by molar-refractivity contribution is 5.95. The molecular weight excluding hydrogens is 250 g/mol. The lowest BCUT2D eigenvalue weighted by Gasteiger charge is -2.32. The minimum absolute atomic E-state index is 0.0899. The van der Waals surface area contributed by atoms with Gasteiger partial charge in [-0.25, -0.2) is 8.78 Å². The molecule has 0 aliphatic carbocycles. The molecule has 0 spiro atoms. The van der Waals surface area contributed by atoms with Crippen LogP contribution < -0.4 is 10.6 Å². The Morgan fingerprint density at radius 2 is 1.89 bits per heavy atom. The Morgan fingerprint density at radius 1 is 1.26 bits per heavy atom. The highest BCUT2D eigenvalue weighted by Crippen LogP contribution is 2.30. The first-order valence-corrected chi connectivity index (χ1v) is 6.40. The summed E-state index contributed by atoms with van der Waals surface area (Å²) < 4.78 is 27.1. The van der Waals surface area contributed by atoms with Crippen LogP contribution in [0.25, 0.3) is 0 Å². The fourth-order valence-electron chi connectivity index (χ4n) is 2.22. The van der Waals surface area contributed by atoms with Crippen LogP contribution in [0, 0.1) is 24.0 Å². The van der Waals surface area contributed by atoms with Gasteiger partial charge >= 0.3 is 0 Å². The van der Waals surface area contributed by atoms with Crippen molar-refractivity contribution < 1.29 is 13.6 Å². The molecule has 0 bridgehead atoms. The number of benzene rings is 1. The van der Waals surface area contributed by atoms with Gasteiger partial charge in [-0.15, -0.1) is 0 Å². The van der Waals surface area contributed by atoms with Crippen molar-refractivity contribution in [2.24, 2.45) is 5.41 Å². The summed E-state index contributed by atoms with van der Waals surface area (Å²) in [6.45, 7) is 4.85. The minimum atomic E-state index is -0.607. The van der Waals surface area contributed by atoms with Gasteiger partial charge in [0.15, 0.2) is 0 Å². The molecule has 1 aliphatic rings. The van der Waals surface area contributed by atoms with E-state index in [-0.39, 0.29) is 17.2 Å². The number of anilines is 1. The second-order valence-corrected chi connectivity index (χ2v) is 5.35. The summed E-state index contributed by atoms with van der Waals surface area (Å²) in [5.41, 5.74) is -0.393. The predicted octanol–water partition coefficient (Wildman–Crippen LogP) is 2.60. The van der Waals surface area contributed by atoms with Crippen LogP contribution in [0.1, 0.15) is 25.3 Å². The molecule has 104 valence electrons. The van der Waals surface area contributed by atoms with Gasteiger partial charge in [0, 0.05) is 11.5 Å². The lowest BCUT2D eigenvalue weighted by atomic mass is 9.80. The maximum absolute atomic E-state index is 13.7. The Bertz CT molecular complexity index is 496. The number of rotatable bonds is 2. The molecule has 0 radical (unpaired) electrons. The average molecular weight is 268 g/mol. The predicted molar refractivity (Wildman–Crippen MR) is 69.9 cm³/mol. The van der Waals surface area contributed by atoms with Gasteiger partial charge in [-0.05, 0) is 44.5 Å². The maximum atomic E-state index is 13.7. The topological polar surface area (TPSA) is 41.1 Å². The molecule has 1 saturated heterocycles. The molecule has 0 unspecified atom stereocenters. The Hall–Kier alpha value is -1.49. The van der Waals surface area contributed by atoms with Crippen molar-refractivity contribution in [3.63, 3.8) is 0 Å². The molecule has 0 atom stereocenters. The molecule has 1 aromatic carbocycles. The molecule has 1 heterocycles. The zero-order valence-electron chi connectivity index (χ0n) is 11.1. The number of carbonyl (C=O) groups excluding carboxylic acids is 1. The van der Waals surface area contributed by atoms with E-state index >= 15 is 0 Å². The highest BCUT2D eigenvalue weighted by atomic mass is 19.1. The fraction of sp³-hybridized carbons (Fsp3) is 0.500. The van der Waals surface area contributed by atoms with Gasteiger partial charge in [0.1, 0.15) is 11.6 Å². The summed E-state index contributed by atoms with van der Waals surface area (Å²) >= 11 is 0. The molecule has 2 N–H and O–H groups in total. The first-order valence-electron chi connectivity index (χ1n) is 6.40. The van der Waals surface area contributed by atoms with Gasteiger partial charge in [-0.2, -0.15) is 0 Å². The van der Waals surface area contributed by atoms with Gasteiger partial charge in [-0.1, -0.05) is 6.92 Å². The molecular formula is C14H18F2N2O. The number of halogens is 2.